The molecule has 2 unspecified atom stereocenters. The largest absolute Gasteiger partial charge is 0.356 e. The molecule has 0 radical (unpaired) electrons. The third kappa shape index (κ3) is 4.47. The summed E-state index contributed by atoms with van der Waals surface area (Å²) in [5.41, 5.74) is 0. The van der Waals surface area contributed by atoms with Crippen LogP contribution in [0.4, 0.5) is 0 Å². The van der Waals surface area contributed by atoms with Crippen LogP contribution in [0.25, 0.3) is 0 Å². The van der Waals surface area contributed by atoms with Gasteiger partial charge < -0.3 is 5.32 Å². The first-order chi connectivity index (χ1) is 9.48. The molecule has 0 aromatic rings. The first-order valence-electron chi connectivity index (χ1n) is 7.96. The predicted molar refractivity (Wildman–Crippen MR) is 80.1 cm³/mol. The lowest BCUT2D eigenvalue weighted by molar-refractivity contribution is -0.126. The summed E-state index contributed by atoms with van der Waals surface area (Å²) >= 11 is 0. The molecule has 0 aromatic heterocycles. The van der Waals surface area contributed by atoms with Crippen molar-refractivity contribution in [3.63, 3.8) is 0 Å². The van der Waals surface area contributed by atoms with Crippen molar-refractivity contribution in [1.82, 2.24) is 5.32 Å². The fraction of sp³-hybridized carbons (Fsp3) is 0.933. The van der Waals surface area contributed by atoms with Gasteiger partial charge in [0.15, 0.2) is 9.84 Å². The van der Waals surface area contributed by atoms with Gasteiger partial charge in [0.25, 0.3) is 0 Å². The van der Waals surface area contributed by atoms with Gasteiger partial charge in [-0.1, -0.05) is 19.8 Å². The molecule has 1 heterocycles. The highest BCUT2D eigenvalue weighted by molar-refractivity contribution is 7.91. The first kappa shape index (κ1) is 15.8. The molecule has 1 aliphatic heterocycles. The van der Waals surface area contributed by atoms with Crippen molar-refractivity contribution < 1.29 is 13.2 Å². The average Bonchev–Trinajstić information content (AvgIpc) is 3.03. The number of rotatable bonds is 6. The van der Waals surface area contributed by atoms with E-state index in [-0.39, 0.29) is 11.8 Å². The van der Waals surface area contributed by atoms with Gasteiger partial charge in [-0.25, -0.2) is 8.42 Å². The van der Waals surface area contributed by atoms with E-state index in [2.05, 4.69) is 5.32 Å². The molecular weight excluding hydrogens is 274 g/mol. The quantitative estimate of drug-likeness (QED) is 0.765. The second-order valence-electron chi connectivity index (χ2n) is 6.54. The van der Waals surface area contributed by atoms with Gasteiger partial charge in [-0.3, -0.25) is 4.79 Å². The first-order valence-corrected chi connectivity index (χ1v) is 9.78. The molecule has 1 aliphatic carbocycles. The summed E-state index contributed by atoms with van der Waals surface area (Å²) in [5.74, 6) is 1.88. The molecule has 1 saturated carbocycles. The summed E-state index contributed by atoms with van der Waals surface area (Å²) < 4.78 is 22.7. The van der Waals surface area contributed by atoms with Crippen molar-refractivity contribution in [1.29, 1.82) is 0 Å². The molecule has 2 aliphatic rings. The molecule has 0 aromatic carbocycles. The van der Waals surface area contributed by atoms with E-state index in [1.165, 1.54) is 25.7 Å². The Morgan fingerprint density at radius 2 is 1.95 bits per heavy atom. The molecule has 0 bridgehead atoms. The monoisotopic (exact) mass is 301 g/mol. The highest BCUT2D eigenvalue weighted by atomic mass is 32.2. The zero-order valence-corrected chi connectivity index (χ0v) is 13.3. The highest BCUT2D eigenvalue weighted by Gasteiger charge is 2.28. The van der Waals surface area contributed by atoms with Gasteiger partial charge in [0.2, 0.25) is 5.91 Å². The maximum atomic E-state index is 12.0. The van der Waals surface area contributed by atoms with Crippen molar-refractivity contribution in [2.45, 2.75) is 51.9 Å². The summed E-state index contributed by atoms with van der Waals surface area (Å²) in [7, 11) is -2.76. The number of nitrogens with one attached hydrogen (secondary N) is 1. The number of sulfone groups is 1. The van der Waals surface area contributed by atoms with E-state index in [9.17, 15) is 13.2 Å². The minimum atomic E-state index is -2.76. The lowest BCUT2D eigenvalue weighted by Gasteiger charge is -2.18. The standard InChI is InChI=1S/C15H27NO3S/c1-12(14-6-2-3-7-14)15(17)16-9-4-5-13-8-10-20(18,19)11-13/h12-14H,2-11H2,1H3,(H,16,17). The van der Waals surface area contributed by atoms with Crippen LogP contribution in [0.15, 0.2) is 0 Å². The summed E-state index contributed by atoms with van der Waals surface area (Å²) in [5, 5.41) is 3.02. The topological polar surface area (TPSA) is 63.2 Å². The average molecular weight is 301 g/mol. The summed E-state index contributed by atoms with van der Waals surface area (Å²) in [6.45, 7) is 2.72. The fourth-order valence-corrected chi connectivity index (χ4v) is 5.45. The molecule has 1 saturated heterocycles. The summed E-state index contributed by atoms with van der Waals surface area (Å²) in [6, 6.07) is 0. The smallest absolute Gasteiger partial charge is 0.223 e. The van der Waals surface area contributed by atoms with Crippen LogP contribution in [0.1, 0.15) is 51.9 Å². The molecule has 4 nitrogen and oxygen atoms in total. The normalized spacial score (nSPS) is 27.6. The van der Waals surface area contributed by atoms with Crippen LogP contribution in [0.2, 0.25) is 0 Å². The molecule has 116 valence electrons. The maximum absolute atomic E-state index is 12.0. The Bertz CT molecular complexity index is 426. The second-order valence-corrected chi connectivity index (χ2v) is 8.76. The number of hydrogen-bond acceptors (Lipinski definition) is 3. The molecule has 2 fully saturated rings. The van der Waals surface area contributed by atoms with E-state index in [0.29, 0.717) is 29.9 Å². The minimum Gasteiger partial charge on any atom is -0.356 e. The van der Waals surface area contributed by atoms with E-state index < -0.39 is 9.84 Å². The van der Waals surface area contributed by atoms with Crippen LogP contribution < -0.4 is 5.32 Å². The van der Waals surface area contributed by atoms with E-state index in [1.54, 1.807) is 0 Å². The SMILES string of the molecule is CC(C(=O)NCCCC1CCS(=O)(=O)C1)C1CCCC1. The zero-order valence-electron chi connectivity index (χ0n) is 12.4. The number of hydrogen-bond donors (Lipinski definition) is 1. The van der Waals surface area contributed by atoms with Gasteiger partial charge in [0, 0.05) is 12.5 Å². The van der Waals surface area contributed by atoms with Gasteiger partial charge in [-0.2, -0.15) is 0 Å². The van der Waals surface area contributed by atoms with Crippen LogP contribution in [0, 0.1) is 17.8 Å². The zero-order chi connectivity index (χ0) is 14.6. The Balaban J connectivity index is 1.60. The van der Waals surface area contributed by atoms with Gasteiger partial charge in [-0.05, 0) is 43.9 Å². The van der Waals surface area contributed by atoms with Gasteiger partial charge in [0.05, 0.1) is 11.5 Å². The van der Waals surface area contributed by atoms with Crippen LogP contribution in [0.3, 0.4) is 0 Å². The van der Waals surface area contributed by atoms with Crippen molar-refractivity contribution in [3.8, 4) is 0 Å². The van der Waals surface area contributed by atoms with E-state index in [0.717, 1.165) is 19.3 Å². The highest BCUT2D eigenvalue weighted by Crippen LogP contribution is 2.31. The van der Waals surface area contributed by atoms with Crippen LogP contribution in [-0.2, 0) is 14.6 Å². The Hall–Kier alpha value is -0.580. The molecule has 20 heavy (non-hydrogen) atoms. The van der Waals surface area contributed by atoms with E-state index in [1.807, 2.05) is 6.92 Å². The molecule has 1 N–H and O–H groups in total. The van der Waals surface area contributed by atoms with Gasteiger partial charge >= 0.3 is 0 Å². The fourth-order valence-electron chi connectivity index (χ4n) is 3.53. The van der Waals surface area contributed by atoms with Gasteiger partial charge in [0.1, 0.15) is 0 Å². The predicted octanol–water partition coefficient (Wildman–Crippen LogP) is 2.14. The van der Waals surface area contributed by atoms with E-state index >= 15 is 0 Å². The molecular formula is C15H27NO3S. The third-order valence-corrected chi connectivity index (χ3v) is 6.77. The molecule has 2 atom stereocenters. The van der Waals surface area contributed by atoms with E-state index in [4.69, 9.17) is 0 Å². The third-order valence-electron chi connectivity index (χ3n) is 4.94. The number of carbonyl (C=O) groups excluding carboxylic acids is 1. The lowest BCUT2D eigenvalue weighted by atomic mass is 9.92. The Kier molecular flexibility index (Phi) is 5.47. The van der Waals surface area contributed by atoms with Crippen molar-refractivity contribution >= 4 is 15.7 Å². The second kappa shape index (κ2) is 6.92. The van der Waals surface area contributed by atoms with Crippen molar-refractivity contribution in [2.75, 3.05) is 18.1 Å². The van der Waals surface area contributed by atoms with Crippen molar-refractivity contribution in [3.05, 3.63) is 0 Å². The van der Waals surface area contributed by atoms with Crippen LogP contribution in [0.5, 0.6) is 0 Å². The van der Waals surface area contributed by atoms with Crippen molar-refractivity contribution in [2.24, 2.45) is 17.8 Å². The molecule has 2 rings (SSSR count). The Morgan fingerprint density at radius 3 is 2.55 bits per heavy atom. The molecule has 1 amide bonds. The molecule has 0 spiro atoms. The number of carbonyl (C=O) groups is 1. The van der Waals surface area contributed by atoms with Crippen LogP contribution >= 0.6 is 0 Å². The summed E-state index contributed by atoms with van der Waals surface area (Å²) in [6.07, 6.45) is 7.51. The van der Waals surface area contributed by atoms with Gasteiger partial charge in [-0.15, -0.1) is 0 Å². The maximum Gasteiger partial charge on any atom is 0.223 e. The number of amides is 1. The minimum absolute atomic E-state index is 0.129. The summed E-state index contributed by atoms with van der Waals surface area (Å²) in [4.78, 5) is 12.0. The Labute approximate surface area is 122 Å². The molecule has 5 heteroatoms. The Morgan fingerprint density at radius 1 is 1.25 bits per heavy atom. The lowest BCUT2D eigenvalue weighted by Crippen LogP contribution is -2.33. The van der Waals surface area contributed by atoms with Crippen LogP contribution in [-0.4, -0.2) is 32.4 Å².